The van der Waals surface area contributed by atoms with Crippen LogP contribution >= 0.6 is 15.9 Å². The molecule has 0 atom stereocenters. The highest BCUT2D eigenvalue weighted by molar-refractivity contribution is 9.10. The summed E-state index contributed by atoms with van der Waals surface area (Å²) in [6.07, 6.45) is 0. The lowest BCUT2D eigenvalue weighted by molar-refractivity contribution is 0.0955. The van der Waals surface area contributed by atoms with Crippen molar-refractivity contribution < 1.29 is 9.18 Å². The highest BCUT2D eigenvalue weighted by atomic mass is 79.9. The van der Waals surface area contributed by atoms with Crippen molar-refractivity contribution in [2.24, 2.45) is 0 Å². The zero-order chi connectivity index (χ0) is 9.84. The number of nitrogens with one attached hydrogen (secondary N) is 1. The van der Waals surface area contributed by atoms with Crippen LogP contribution in [0.5, 0.6) is 0 Å². The molecule has 1 amide bonds. The molecule has 0 radical (unpaired) electrons. The van der Waals surface area contributed by atoms with Gasteiger partial charge in [0, 0.05) is 12.1 Å². The van der Waals surface area contributed by atoms with Gasteiger partial charge in [0.25, 0.3) is 5.91 Å². The summed E-state index contributed by atoms with van der Waals surface area (Å²) < 4.78 is 13.1. The van der Waals surface area contributed by atoms with E-state index in [4.69, 9.17) is 0 Å². The Morgan fingerprint density at radius 3 is 2.85 bits per heavy atom. The normalized spacial score (nSPS) is 9.77. The molecule has 2 nitrogen and oxygen atoms in total. The largest absolute Gasteiger partial charge is 0.352 e. The first-order chi connectivity index (χ1) is 6.15. The third-order valence-electron chi connectivity index (χ3n) is 1.52. The molecule has 1 aromatic rings. The number of benzene rings is 1. The third kappa shape index (κ3) is 2.52. The molecule has 0 fully saturated rings. The minimum absolute atomic E-state index is 0.191. The topological polar surface area (TPSA) is 29.1 Å². The summed E-state index contributed by atoms with van der Waals surface area (Å²) in [6, 6.07) is 4.17. The van der Waals surface area contributed by atoms with Gasteiger partial charge in [0.05, 0.1) is 4.47 Å². The molecular formula is C9H9BrFNO. The number of halogens is 2. The molecule has 0 aliphatic carbocycles. The Balaban J connectivity index is 2.90. The maximum Gasteiger partial charge on any atom is 0.251 e. The summed E-state index contributed by atoms with van der Waals surface area (Å²) >= 11 is 3.01. The van der Waals surface area contributed by atoms with E-state index in [2.05, 4.69) is 21.2 Å². The zero-order valence-corrected chi connectivity index (χ0v) is 8.69. The van der Waals surface area contributed by atoms with Crippen LogP contribution in [0.4, 0.5) is 4.39 Å². The van der Waals surface area contributed by atoms with Crippen molar-refractivity contribution in [2.45, 2.75) is 6.92 Å². The summed E-state index contributed by atoms with van der Waals surface area (Å²) in [5.74, 6) is -0.559. The molecule has 0 aromatic heterocycles. The Morgan fingerprint density at radius 2 is 2.31 bits per heavy atom. The van der Waals surface area contributed by atoms with Gasteiger partial charge in [0.2, 0.25) is 0 Å². The fraction of sp³-hybridized carbons (Fsp3) is 0.222. The summed E-state index contributed by atoms with van der Waals surface area (Å²) in [6.45, 7) is 2.39. The Bertz CT molecular complexity index is 327. The van der Waals surface area contributed by atoms with Crippen LogP contribution in [-0.2, 0) is 0 Å². The standard InChI is InChI=1S/C9H9BrFNO/c1-2-12-9(13)6-3-4-8(11)7(10)5-6/h3-5H,2H2,1H3,(H,12,13). The minimum atomic E-state index is -0.368. The van der Waals surface area contributed by atoms with Gasteiger partial charge in [-0.1, -0.05) is 0 Å². The van der Waals surface area contributed by atoms with E-state index in [-0.39, 0.29) is 11.7 Å². The molecule has 0 aliphatic rings. The van der Waals surface area contributed by atoms with Crippen molar-refractivity contribution in [3.05, 3.63) is 34.1 Å². The Hall–Kier alpha value is -0.900. The minimum Gasteiger partial charge on any atom is -0.352 e. The first-order valence-electron chi connectivity index (χ1n) is 3.88. The van der Waals surface area contributed by atoms with Gasteiger partial charge in [-0.2, -0.15) is 0 Å². The second kappa shape index (κ2) is 4.37. The zero-order valence-electron chi connectivity index (χ0n) is 7.10. The first kappa shape index (κ1) is 10.2. The van der Waals surface area contributed by atoms with Crippen LogP contribution in [0.1, 0.15) is 17.3 Å². The maximum atomic E-state index is 12.8. The maximum absolute atomic E-state index is 12.8. The second-order valence-electron chi connectivity index (χ2n) is 2.49. The first-order valence-corrected chi connectivity index (χ1v) is 4.67. The lowest BCUT2D eigenvalue weighted by Crippen LogP contribution is -2.22. The van der Waals surface area contributed by atoms with E-state index in [1.807, 2.05) is 6.92 Å². The SMILES string of the molecule is CCNC(=O)c1ccc(F)c(Br)c1. The molecule has 0 saturated carbocycles. The molecule has 0 saturated heterocycles. The molecule has 0 bridgehead atoms. The van der Waals surface area contributed by atoms with Crippen LogP contribution in [0.2, 0.25) is 0 Å². The lowest BCUT2D eigenvalue weighted by atomic mass is 10.2. The van der Waals surface area contributed by atoms with Gasteiger partial charge in [-0.25, -0.2) is 4.39 Å². The second-order valence-corrected chi connectivity index (χ2v) is 3.34. The van der Waals surface area contributed by atoms with Crippen LogP contribution in [0.3, 0.4) is 0 Å². The van der Waals surface area contributed by atoms with Crippen molar-refractivity contribution in [1.29, 1.82) is 0 Å². The summed E-state index contributed by atoms with van der Waals surface area (Å²) in [5.41, 5.74) is 0.454. The highest BCUT2D eigenvalue weighted by Crippen LogP contribution is 2.16. The quantitative estimate of drug-likeness (QED) is 0.852. The van der Waals surface area contributed by atoms with E-state index in [0.29, 0.717) is 16.6 Å². The Kier molecular flexibility index (Phi) is 3.42. The average molecular weight is 246 g/mol. The van der Waals surface area contributed by atoms with E-state index in [1.54, 1.807) is 0 Å². The van der Waals surface area contributed by atoms with Gasteiger partial charge in [-0.15, -0.1) is 0 Å². The summed E-state index contributed by atoms with van der Waals surface area (Å²) in [4.78, 5) is 11.3. The Morgan fingerprint density at radius 1 is 1.62 bits per heavy atom. The van der Waals surface area contributed by atoms with Gasteiger partial charge in [0.15, 0.2) is 0 Å². The van der Waals surface area contributed by atoms with Crippen LogP contribution < -0.4 is 5.32 Å². The van der Waals surface area contributed by atoms with Crippen molar-refractivity contribution in [2.75, 3.05) is 6.54 Å². The molecule has 1 aromatic carbocycles. The molecule has 0 aliphatic heterocycles. The lowest BCUT2D eigenvalue weighted by Gasteiger charge is -2.02. The predicted molar refractivity (Wildman–Crippen MR) is 52.1 cm³/mol. The molecular weight excluding hydrogens is 237 g/mol. The smallest absolute Gasteiger partial charge is 0.251 e. The van der Waals surface area contributed by atoms with Crippen molar-refractivity contribution in [1.82, 2.24) is 5.32 Å². The third-order valence-corrected chi connectivity index (χ3v) is 2.13. The molecule has 0 spiro atoms. The van der Waals surface area contributed by atoms with Crippen LogP contribution in [0.15, 0.2) is 22.7 Å². The highest BCUT2D eigenvalue weighted by Gasteiger charge is 2.06. The average Bonchev–Trinajstić information content (AvgIpc) is 2.10. The predicted octanol–water partition coefficient (Wildman–Crippen LogP) is 2.34. The number of rotatable bonds is 2. The number of carbonyl (C=O) groups excluding carboxylic acids is 1. The number of hydrogen-bond donors (Lipinski definition) is 1. The summed E-state index contributed by atoms with van der Waals surface area (Å²) in [5, 5.41) is 2.63. The van der Waals surface area contributed by atoms with Gasteiger partial charge in [-0.3, -0.25) is 4.79 Å². The van der Waals surface area contributed by atoms with Crippen molar-refractivity contribution in [3.63, 3.8) is 0 Å². The van der Waals surface area contributed by atoms with Gasteiger partial charge < -0.3 is 5.32 Å². The van der Waals surface area contributed by atoms with E-state index in [9.17, 15) is 9.18 Å². The van der Waals surface area contributed by atoms with Crippen LogP contribution in [-0.4, -0.2) is 12.5 Å². The van der Waals surface area contributed by atoms with E-state index >= 15 is 0 Å². The van der Waals surface area contributed by atoms with Gasteiger partial charge in [0.1, 0.15) is 5.82 Å². The Labute approximate surface area is 84.3 Å². The van der Waals surface area contributed by atoms with Crippen molar-refractivity contribution in [3.8, 4) is 0 Å². The molecule has 4 heteroatoms. The number of amides is 1. The molecule has 13 heavy (non-hydrogen) atoms. The molecule has 0 heterocycles. The van der Waals surface area contributed by atoms with Crippen LogP contribution in [0.25, 0.3) is 0 Å². The molecule has 1 rings (SSSR count). The van der Waals surface area contributed by atoms with Gasteiger partial charge >= 0.3 is 0 Å². The monoisotopic (exact) mass is 245 g/mol. The van der Waals surface area contributed by atoms with E-state index < -0.39 is 0 Å². The fourth-order valence-electron chi connectivity index (χ4n) is 0.900. The molecule has 0 unspecified atom stereocenters. The number of hydrogen-bond acceptors (Lipinski definition) is 1. The van der Waals surface area contributed by atoms with E-state index in [1.165, 1.54) is 18.2 Å². The molecule has 70 valence electrons. The molecule has 1 N–H and O–H groups in total. The van der Waals surface area contributed by atoms with Gasteiger partial charge in [-0.05, 0) is 41.1 Å². The number of carbonyl (C=O) groups is 1. The van der Waals surface area contributed by atoms with E-state index in [0.717, 1.165) is 0 Å². The van der Waals surface area contributed by atoms with Crippen LogP contribution in [0, 0.1) is 5.82 Å². The summed E-state index contributed by atoms with van der Waals surface area (Å²) in [7, 11) is 0. The van der Waals surface area contributed by atoms with Crippen molar-refractivity contribution >= 4 is 21.8 Å². The fourth-order valence-corrected chi connectivity index (χ4v) is 1.28.